The number of carbonyl (C=O) groups excluding carboxylic acids is 1. The van der Waals surface area contributed by atoms with Gasteiger partial charge in [-0.25, -0.2) is 0 Å². The number of amides is 1. The van der Waals surface area contributed by atoms with E-state index < -0.39 is 5.54 Å². The van der Waals surface area contributed by atoms with Crippen LogP contribution in [0.2, 0.25) is 0 Å². The van der Waals surface area contributed by atoms with E-state index in [1.807, 2.05) is 98.8 Å². The Morgan fingerprint density at radius 2 is 1.61 bits per heavy atom. The SMILES string of the molecule is Cc1cccc(-c2n[nH]c(=S)n2CC(=O)NC(C)(c2ccccc2)c2ccccc2)c1. The van der Waals surface area contributed by atoms with Gasteiger partial charge in [-0.1, -0.05) is 84.4 Å². The first-order valence-corrected chi connectivity index (χ1v) is 10.5. The Labute approximate surface area is 186 Å². The van der Waals surface area contributed by atoms with E-state index in [0.29, 0.717) is 10.6 Å². The molecule has 6 heteroatoms. The number of rotatable bonds is 6. The first-order valence-electron chi connectivity index (χ1n) is 10.1. The van der Waals surface area contributed by atoms with Gasteiger partial charge in [0, 0.05) is 5.56 Å². The number of aromatic nitrogens is 3. The molecule has 156 valence electrons. The van der Waals surface area contributed by atoms with E-state index in [4.69, 9.17) is 12.2 Å². The summed E-state index contributed by atoms with van der Waals surface area (Å²) in [6.45, 7) is 4.10. The Hall–Kier alpha value is -3.51. The topological polar surface area (TPSA) is 62.7 Å². The molecule has 0 radical (unpaired) electrons. The van der Waals surface area contributed by atoms with Gasteiger partial charge in [-0.05, 0) is 43.3 Å². The molecule has 0 saturated heterocycles. The summed E-state index contributed by atoms with van der Waals surface area (Å²) < 4.78 is 2.14. The number of H-pyrrole nitrogens is 1. The van der Waals surface area contributed by atoms with E-state index in [2.05, 4.69) is 15.5 Å². The number of hydrogen-bond donors (Lipinski definition) is 2. The maximum Gasteiger partial charge on any atom is 0.241 e. The van der Waals surface area contributed by atoms with Gasteiger partial charge in [-0.2, -0.15) is 5.10 Å². The number of nitrogens with zero attached hydrogens (tertiary/aromatic N) is 2. The van der Waals surface area contributed by atoms with Gasteiger partial charge < -0.3 is 5.32 Å². The minimum absolute atomic E-state index is 0.0634. The van der Waals surface area contributed by atoms with Crippen LogP contribution in [0.4, 0.5) is 0 Å². The van der Waals surface area contributed by atoms with Crippen LogP contribution in [0, 0.1) is 11.7 Å². The van der Waals surface area contributed by atoms with Crippen LogP contribution in [-0.2, 0) is 16.9 Å². The standard InChI is InChI=1S/C25H24N4OS/c1-18-10-9-11-19(16-18)23-27-28-24(31)29(23)17-22(30)26-25(2,20-12-5-3-6-13-20)21-14-7-4-8-15-21/h3-16H,17H2,1-2H3,(H,26,30)(H,28,31). The van der Waals surface area contributed by atoms with Crippen molar-refractivity contribution in [3.05, 3.63) is 106 Å². The van der Waals surface area contributed by atoms with E-state index >= 15 is 0 Å². The predicted molar refractivity (Wildman–Crippen MR) is 125 cm³/mol. The summed E-state index contributed by atoms with van der Waals surface area (Å²) >= 11 is 5.42. The van der Waals surface area contributed by atoms with Gasteiger partial charge >= 0.3 is 0 Å². The smallest absolute Gasteiger partial charge is 0.241 e. The van der Waals surface area contributed by atoms with Crippen LogP contribution in [-0.4, -0.2) is 20.7 Å². The van der Waals surface area contributed by atoms with Crippen molar-refractivity contribution in [2.75, 3.05) is 0 Å². The fraction of sp³-hybridized carbons (Fsp3) is 0.160. The number of benzene rings is 3. The predicted octanol–water partition coefficient (Wildman–Crippen LogP) is 5.00. The van der Waals surface area contributed by atoms with E-state index in [1.165, 1.54) is 0 Å². The van der Waals surface area contributed by atoms with E-state index in [-0.39, 0.29) is 12.5 Å². The summed E-state index contributed by atoms with van der Waals surface area (Å²) in [5, 5.41) is 10.4. The average Bonchev–Trinajstić information content (AvgIpc) is 3.15. The highest BCUT2D eigenvalue weighted by molar-refractivity contribution is 7.71. The monoisotopic (exact) mass is 428 g/mol. The fourth-order valence-electron chi connectivity index (χ4n) is 3.78. The second-order valence-electron chi connectivity index (χ2n) is 7.71. The van der Waals surface area contributed by atoms with Crippen LogP contribution in [0.1, 0.15) is 23.6 Å². The maximum absolute atomic E-state index is 13.3. The van der Waals surface area contributed by atoms with Crippen molar-refractivity contribution in [2.24, 2.45) is 0 Å². The Morgan fingerprint density at radius 3 is 2.19 bits per heavy atom. The molecule has 2 N–H and O–H groups in total. The quantitative estimate of drug-likeness (QED) is 0.425. The maximum atomic E-state index is 13.3. The molecule has 0 aliphatic heterocycles. The van der Waals surface area contributed by atoms with Gasteiger partial charge in [0.25, 0.3) is 0 Å². The molecule has 5 nitrogen and oxygen atoms in total. The molecule has 4 rings (SSSR count). The number of hydrogen-bond acceptors (Lipinski definition) is 3. The Morgan fingerprint density at radius 1 is 1.00 bits per heavy atom. The van der Waals surface area contributed by atoms with Crippen LogP contribution < -0.4 is 5.32 Å². The van der Waals surface area contributed by atoms with Gasteiger partial charge in [0.1, 0.15) is 6.54 Å². The number of aryl methyl sites for hydroxylation is 1. The molecular formula is C25H24N4OS. The van der Waals surface area contributed by atoms with E-state index in [1.54, 1.807) is 4.57 Å². The molecule has 3 aromatic carbocycles. The number of carbonyl (C=O) groups is 1. The van der Waals surface area contributed by atoms with Crippen LogP contribution >= 0.6 is 12.2 Å². The molecule has 0 bridgehead atoms. The van der Waals surface area contributed by atoms with Gasteiger partial charge in [-0.3, -0.25) is 14.5 Å². The highest BCUT2D eigenvalue weighted by Gasteiger charge is 2.30. The van der Waals surface area contributed by atoms with Gasteiger partial charge in [0.15, 0.2) is 10.6 Å². The third kappa shape index (κ3) is 4.34. The molecule has 31 heavy (non-hydrogen) atoms. The van der Waals surface area contributed by atoms with E-state index in [0.717, 1.165) is 22.3 Å². The molecule has 1 heterocycles. The average molecular weight is 429 g/mol. The van der Waals surface area contributed by atoms with Crippen molar-refractivity contribution in [3.63, 3.8) is 0 Å². The van der Waals surface area contributed by atoms with Crippen molar-refractivity contribution in [2.45, 2.75) is 25.9 Å². The molecule has 0 fully saturated rings. The molecule has 0 atom stereocenters. The highest BCUT2D eigenvalue weighted by atomic mass is 32.1. The summed E-state index contributed by atoms with van der Waals surface area (Å²) in [6.07, 6.45) is 0. The Kier molecular flexibility index (Phi) is 5.82. The third-order valence-corrected chi connectivity index (χ3v) is 5.74. The first kappa shape index (κ1) is 20.8. The van der Waals surface area contributed by atoms with Crippen LogP contribution in [0.5, 0.6) is 0 Å². The zero-order valence-corrected chi connectivity index (χ0v) is 18.3. The lowest BCUT2D eigenvalue weighted by molar-refractivity contribution is -0.123. The van der Waals surface area contributed by atoms with Crippen molar-refractivity contribution < 1.29 is 4.79 Å². The molecular weight excluding hydrogens is 404 g/mol. The summed E-state index contributed by atoms with van der Waals surface area (Å²) in [6, 6.07) is 27.9. The fourth-order valence-corrected chi connectivity index (χ4v) is 3.98. The van der Waals surface area contributed by atoms with Crippen molar-refractivity contribution in [1.29, 1.82) is 0 Å². The molecule has 1 amide bonds. The van der Waals surface area contributed by atoms with Gasteiger partial charge in [0.05, 0.1) is 5.54 Å². The minimum Gasteiger partial charge on any atom is -0.341 e. The van der Waals surface area contributed by atoms with Crippen molar-refractivity contribution in [3.8, 4) is 11.4 Å². The lowest BCUT2D eigenvalue weighted by atomic mass is 9.84. The first-order chi connectivity index (χ1) is 15.0. The minimum atomic E-state index is -0.685. The molecule has 4 aromatic rings. The lowest BCUT2D eigenvalue weighted by Gasteiger charge is -2.32. The van der Waals surface area contributed by atoms with Gasteiger partial charge in [-0.15, -0.1) is 0 Å². The summed E-state index contributed by atoms with van der Waals surface area (Å²) in [5.41, 5.74) is 3.35. The molecule has 0 unspecified atom stereocenters. The third-order valence-electron chi connectivity index (χ3n) is 5.43. The second kappa shape index (κ2) is 8.70. The Bertz CT molecular complexity index is 1210. The van der Waals surface area contributed by atoms with Crippen molar-refractivity contribution in [1.82, 2.24) is 20.1 Å². The number of aromatic amines is 1. The molecule has 0 saturated carbocycles. The highest BCUT2D eigenvalue weighted by Crippen LogP contribution is 2.29. The normalized spacial score (nSPS) is 11.3. The summed E-state index contributed by atoms with van der Waals surface area (Å²) in [4.78, 5) is 13.3. The van der Waals surface area contributed by atoms with Gasteiger partial charge in [0.2, 0.25) is 5.91 Å². The van der Waals surface area contributed by atoms with Crippen molar-refractivity contribution >= 4 is 18.1 Å². The summed E-state index contributed by atoms with van der Waals surface area (Å²) in [5.74, 6) is 0.492. The largest absolute Gasteiger partial charge is 0.341 e. The lowest BCUT2D eigenvalue weighted by Crippen LogP contribution is -2.45. The molecule has 0 aliphatic carbocycles. The zero-order chi connectivity index (χ0) is 21.8. The van der Waals surface area contributed by atoms with Crippen LogP contribution in [0.3, 0.4) is 0 Å². The molecule has 0 aliphatic rings. The van der Waals surface area contributed by atoms with E-state index in [9.17, 15) is 4.79 Å². The Balaban J connectivity index is 1.66. The number of nitrogens with one attached hydrogen (secondary N) is 2. The zero-order valence-electron chi connectivity index (χ0n) is 17.5. The molecule has 0 spiro atoms. The second-order valence-corrected chi connectivity index (χ2v) is 8.10. The van der Waals surface area contributed by atoms with Crippen LogP contribution in [0.15, 0.2) is 84.9 Å². The van der Waals surface area contributed by atoms with Crippen LogP contribution in [0.25, 0.3) is 11.4 Å². The molecule has 1 aromatic heterocycles. The summed E-state index contributed by atoms with van der Waals surface area (Å²) in [7, 11) is 0.